The van der Waals surface area contributed by atoms with E-state index in [0.717, 1.165) is 11.8 Å². The highest BCUT2D eigenvalue weighted by molar-refractivity contribution is 5.68. The molecule has 0 saturated carbocycles. The molecule has 0 aliphatic rings. The summed E-state index contributed by atoms with van der Waals surface area (Å²) in [7, 11) is 0. The Bertz CT molecular complexity index is 519. The topological polar surface area (TPSA) is 30.0 Å². The predicted molar refractivity (Wildman–Crippen MR) is 72.5 cm³/mol. The SMILES string of the molecule is Cc1ccc(CC(C)(C=O)c2cccnc2)cc1. The average molecular weight is 239 g/mol. The van der Waals surface area contributed by atoms with Crippen molar-refractivity contribution in [3.05, 3.63) is 65.5 Å². The number of hydrogen-bond acceptors (Lipinski definition) is 2. The van der Waals surface area contributed by atoms with Crippen molar-refractivity contribution in [3.63, 3.8) is 0 Å². The summed E-state index contributed by atoms with van der Waals surface area (Å²) in [5.41, 5.74) is 2.84. The summed E-state index contributed by atoms with van der Waals surface area (Å²) >= 11 is 0. The van der Waals surface area contributed by atoms with Crippen LogP contribution in [0.15, 0.2) is 48.8 Å². The van der Waals surface area contributed by atoms with Crippen LogP contribution in [0.5, 0.6) is 0 Å². The number of pyridine rings is 1. The number of carbonyl (C=O) groups is 1. The van der Waals surface area contributed by atoms with E-state index in [2.05, 4.69) is 36.2 Å². The fraction of sp³-hybridized carbons (Fsp3) is 0.250. The molecule has 0 aliphatic carbocycles. The van der Waals surface area contributed by atoms with Crippen LogP contribution in [-0.2, 0) is 16.6 Å². The lowest BCUT2D eigenvalue weighted by atomic mass is 9.79. The van der Waals surface area contributed by atoms with Gasteiger partial charge in [0.05, 0.1) is 5.41 Å². The molecule has 0 bridgehead atoms. The highest BCUT2D eigenvalue weighted by atomic mass is 16.1. The monoisotopic (exact) mass is 239 g/mol. The van der Waals surface area contributed by atoms with Gasteiger partial charge in [0, 0.05) is 12.4 Å². The maximum Gasteiger partial charge on any atom is 0.130 e. The van der Waals surface area contributed by atoms with E-state index < -0.39 is 5.41 Å². The van der Waals surface area contributed by atoms with Crippen molar-refractivity contribution < 1.29 is 4.79 Å². The summed E-state index contributed by atoms with van der Waals surface area (Å²) in [6.45, 7) is 4.01. The van der Waals surface area contributed by atoms with Crippen molar-refractivity contribution in [1.82, 2.24) is 4.98 Å². The number of aryl methyl sites for hydroxylation is 1. The zero-order valence-electron chi connectivity index (χ0n) is 10.8. The molecule has 92 valence electrons. The molecule has 0 fully saturated rings. The highest BCUT2D eigenvalue weighted by Crippen LogP contribution is 2.25. The third-order valence-corrected chi connectivity index (χ3v) is 3.27. The Morgan fingerprint density at radius 1 is 1.22 bits per heavy atom. The molecule has 1 heterocycles. The standard InChI is InChI=1S/C16H17NO/c1-13-5-7-14(8-6-13)10-16(2,12-18)15-4-3-9-17-11-15/h3-9,11-12H,10H2,1-2H3. The Morgan fingerprint density at radius 3 is 2.50 bits per heavy atom. The van der Waals surface area contributed by atoms with Crippen LogP contribution in [0, 0.1) is 6.92 Å². The van der Waals surface area contributed by atoms with Gasteiger partial charge in [-0.25, -0.2) is 0 Å². The maximum atomic E-state index is 11.5. The molecule has 0 N–H and O–H groups in total. The molecule has 2 aromatic rings. The van der Waals surface area contributed by atoms with Crippen molar-refractivity contribution in [3.8, 4) is 0 Å². The van der Waals surface area contributed by atoms with Crippen LogP contribution in [0.4, 0.5) is 0 Å². The van der Waals surface area contributed by atoms with Crippen LogP contribution in [0.3, 0.4) is 0 Å². The summed E-state index contributed by atoms with van der Waals surface area (Å²) in [5.74, 6) is 0. The molecular formula is C16H17NO. The Hall–Kier alpha value is -1.96. The molecule has 0 saturated heterocycles. The summed E-state index contributed by atoms with van der Waals surface area (Å²) in [5, 5.41) is 0. The van der Waals surface area contributed by atoms with Gasteiger partial charge in [-0.05, 0) is 37.5 Å². The first-order chi connectivity index (χ1) is 8.64. The van der Waals surface area contributed by atoms with E-state index in [1.807, 2.05) is 19.1 Å². The number of aromatic nitrogens is 1. The number of nitrogens with zero attached hydrogens (tertiary/aromatic N) is 1. The molecule has 0 amide bonds. The van der Waals surface area contributed by atoms with Crippen LogP contribution in [0.1, 0.15) is 23.6 Å². The fourth-order valence-corrected chi connectivity index (χ4v) is 2.04. The minimum absolute atomic E-state index is 0.510. The van der Waals surface area contributed by atoms with Gasteiger partial charge < -0.3 is 4.79 Å². The molecule has 2 heteroatoms. The first-order valence-electron chi connectivity index (χ1n) is 6.06. The lowest BCUT2D eigenvalue weighted by Gasteiger charge is -2.23. The van der Waals surface area contributed by atoms with Gasteiger partial charge >= 0.3 is 0 Å². The second kappa shape index (κ2) is 5.13. The largest absolute Gasteiger partial charge is 0.302 e. The lowest BCUT2D eigenvalue weighted by Crippen LogP contribution is -2.26. The quantitative estimate of drug-likeness (QED) is 0.767. The first kappa shape index (κ1) is 12.5. The van der Waals surface area contributed by atoms with Crippen molar-refractivity contribution in [2.45, 2.75) is 25.7 Å². The van der Waals surface area contributed by atoms with Gasteiger partial charge in [0.2, 0.25) is 0 Å². The molecule has 1 atom stereocenters. The van der Waals surface area contributed by atoms with Crippen molar-refractivity contribution in [1.29, 1.82) is 0 Å². The molecule has 1 aromatic carbocycles. The molecule has 1 unspecified atom stereocenters. The van der Waals surface area contributed by atoms with Crippen LogP contribution in [0.25, 0.3) is 0 Å². The number of carbonyl (C=O) groups excluding carboxylic acids is 1. The van der Waals surface area contributed by atoms with E-state index in [9.17, 15) is 4.79 Å². The van der Waals surface area contributed by atoms with E-state index in [1.165, 1.54) is 11.1 Å². The number of rotatable bonds is 4. The fourth-order valence-electron chi connectivity index (χ4n) is 2.04. The van der Waals surface area contributed by atoms with Gasteiger partial charge in [0.1, 0.15) is 6.29 Å². The number of benzene rings is 1. The van der Waals surface area contributed by atoms with E-state index in [1.54, 1.807) is 12.4 Å². The van der Waals surface area contributed by atoms with E-state index in [0.29, 0.717) is 6.42 Å². The molecule has 18 heavy (non-hydrogen) atoms. The van der Waals surface area contributed by atoms with Gasteiger partial charge in [0.25, 0.3) is 0 Å². The summed E-state index contributed by atoms with van der Waals surface area (Å²) in [6.07, 6.45) is 5.20. The lowest BCUT2D eigenvalue weighted by molar-refractivity contribution is -0.112. The van der Waals surface area contributed by atoms with Crippen LogP contribution >= 0.6 is 0 Å². The third kappa shape index (κ3) is 2.65. The Labute approximate surface area is 108 Å². The van der Waals surface area contributed by atoms with E-state index >= 15 is 0 Å². The minimum Gasteiger partial charge on any atom is -0.302 e. The van der Waals surface area contributed by atoms with Crippen LogP contribution < -0.4 is 0 Å². The summed E-state index contributed by atoms with van der Waals surface area (Å²) in [4.78, 5) is 15.6. The molecule has 0 aliphatic heterocycles. The molecule has 0 radical (unpaired) electrons. The average Bonchev–Trinajstić information content (AvgIpc) is 2.42. The zero-order chi connectivity index (χ0) is 13.0. The Balaban J connectivity index is 2.29. The molecule has 2 rings (SSSR count). The van der Waals surface area contributed by atoms with Gasteiger partial charge in [-0.3, -0.25) is 4.98 Å². The van der Waals surface area contributed by atoms with Crippen molar-refractivity contribution in [2.24, 2.45) is 0 Å². The predicted octanol–water partition coefficient (Wildman–Crippen LogP) is 3.09. The Morgan fingerprint density at radius 2 is 1.94 bits per heavy atom. The van der Waals surface area contributed by atoms with Gasteiger partial charge in [0.15, 0.2) is 0 Å². The zero-order valence-corrected chi connectivity index (χ0v) is 10.8. The first-order valence-corrected chi connectivity index (χ1v) is 6.06. The normalized spacial score (nSPS) is 13.9. The second-order valence-electron chi connectivity index (χ2n) is 4.94. The maximum absolute atomic E-state index is 11.5. The van der Waals surface area contributed by atoms with Crippen molar-refractivity contribution in [2.75, 3.05) is 0 Å². The smallest absolute Gasteiger partial charge is 0.130 e. The highest BCUT2D eigenvalue weighted by Gasteiger charge is 2.26. The van der Waals surface area contributed by atoms with E-state index in [4.69, 9.17) is 0 Å². The number of aldehydes is 1. The van der Waals surface area contributed by atoms with Crippen LogP contribution in [0.2, 0.25) is 0 Å². The Kier molecular flexibility index (Phi) is 3.56. The summed E-state index contributed by atoms with van der Waals surface area (Å²) < 4.78 is 0. The minimum atomic E-state index is -0.510. The molecule has 0 spiro atoms. The van der Waals surface area contributed by atoms with Crippen LogP contribution in [-0.4, -0.2) is 11.3 Å². The molecular weight excluding hydrogens is 222 g/mol. The van der Waals surface area contributed by atoms with Gasteiger partial charge in [-0.2, -0.15) is 0 Å². The van der Waals surface area contributed by atoms with Crippen molar-refractivity contribution >= 4 is 6.29 Å². The van der Waals surface area contributed by atoms with Gasteiger partial charge in [-0.15, -0.1) is 0 Å². The third-order valence-electron chi connectivity index (χ3n) is 3.27. The summed E-state index contributed by atoms with van der Waals surface area (Å²) in [6, 6.07) is 12.1. The molecule has 1 aromatic heterocycles. The van der Waals surface area contributed by atoms with E-state index in [-0.39, 0.29) is 0 Å². The molecule has 2 nitrogen and oxygen atoms in total. The van der Waals surface area contributed by atoms with Gasteiger partial charge in [-0.1, -0.05) is 35.9 Å². The number of hydrogen-bond donors (Lipinski definition) is 0. The second-order valence-corrected chi connectivity index (χ2v) is 4.94.